The fourth-order valence-electron chi connectivity index (χ4n) is 5.91. The van der Waals surface area contributed by atoms with E-state index in [1.807, 2.05) is 25.7 Å². The molecule has 17 nitrogen and oxygen atoms in total. The third-order valence-corrected chi connectivity index (χ3v) is 12.6. The first-order chi connectivity index (χ1) is 38.5. The van der Waals surface area contributed by atoms with Crippen LogP contribution in [0.15, 0.2) is 12.7 Å². The van der Waals surface area contributed by atoms with Crippen molar-refractivity contribution in [1.82, 2.24) is 24.9 Å². The number of carbonyl (C=O) groups excluding carboxylic acids is 5. The van der Waals surface area contributed by atoms with E-state index in [0.29, 0.717) is 44.2 Å². The van der Waals surface area contributed by atoms with Crippen molar-refractivity contribution >= 4 is 248 Å². The number of amides is 2. The number of rotatable bonds is 14. The summed E-state index contributed by atoms with van der Waals surface area (Å²) < 4.78 is 21.9. The van der Waals surface area contributed by atoms with E-state index < -0.39 is 5.97 Å². The van der Waals surface area contributed by atoms with E-state index >= 15 is 0 Å². The number of carbonyl (C=O) groups is 6. The van der Waals surface area contributed by atoms with E-state index in [-0.39, 0.29) is 47.3 Å². The molecule has 4 aliphatic rings. The molecule has 0 aromatic rings. The van der Waals surface area contributed by atoms with E-state index in [1.54, 1.807) is 13.0 Å². The molecule has 0 bridgehead atoms. The second kappa shape index (κ2) is 87.1. The van der Waals surface area contributed by atoms with Crippen LogP contribution >= 0.6 is 211 Å². The molecule has 0 saturated carbocycles. The summed E-state index contributed by atoms with van der Waals surface area (Å²) in [5.41, 5.74) is 4.50. The number of halogens is 10. The van der Waals surface area contributed by atoms with Gasteiger partial charge in [-0.05, 0) is 109 Å². The van der Waals surface area contributed by atoms with E-state index in [4.69, 9.17) is 9.84 Å². The number of esters is 2. The first-order valence-electron chi connectivity index (χ1n) is 27.1. The Morgan fingerprint density at radius 1 is 0.793 bits per heavy atom. The fraction of sp³-hybridized carbons (Fsp3) is 0.833. The molecule has 0 spiro atoms. The zero-order valence-corrected chi connectivity index (χ0v) is 75.0. The van der Waals surface area contributed by atoms with Crippen LogP contribution in [0.1, 0.15) is 134 Å². The summed E-state index contributed by atoms with van der Waals surface area (Å²) in [5.74, 6) is 0.360. The van der Waals surface area contributed by atoms with Crippen molar-refractivity contribution in [3.05, 3.63) is 19.6 Å². The maximum absolute atomic E-state index is 11.5. The molecule has 4 fully saturated rings. The van der Waals surface area contributed by atoms with Crippen molar-refractivity contribution in [2.75, 3.05) is 118 Å². The third-order valence-electron chi connectivity index (χ3n) is 9.32. The van der Waals surface area contributed by atoms with Gasteiger partial charge >= 0.3 is 88.9 Å². The standard InChI is InChI=1S/C10H18N2O2.C8H13NO3.C7H14N2.C5H10O2.C4H8O2.C3H5BrO2.C3H6I2.2C3H7I.C3H8.C2H4I2.C2H5.CH5N.3HI.V/c1-3-14-10(13)12-6-8-4-5-11(2)9(8)7-12;1-3-4-9(5-6-10)8(11)7-12-2;1-9-3-2-6-4-8-5-7(6)9;1-3-4-5(6)7-2;1-2-3-4(5)6;1-6-3(5)2-4;1-2-3(4)5;1-3(2)4;1-2-3-4;1-3-2;1-2(3)4;2*1-2;;;;/h8-9H,3-7H2,1-2H3;3,6H,1,4-5,7H2,2H3;6-8H,2-5H2,1H3;3-4H2,1-2H3;2-3H2,1H3,(H,5,6);2H2,1H3;3H,2H2,1H3;3H,1-2H3;2-3H2,1H3;3H2,1-2H3;2H,1H3;1H2,2H3;2H2,1H3;3*1H;/q;;;;;;;;;;;-1;;;;;+3/p-3. The molecule has 4 saturated heterocycles. The molecular formula is C54H110BrI9N6O11V-. The number of hydrogen-bond acceptors (Lipinski definition) is 14. The number of likely N-dealkylation sites (N-methyl/N-ethyl adjacent to an activating group) is 2. The van der Waals surface area contributed by atoms with Crippen LogP contribution in [0.4, 0.5) is 4.79 Å². The first kappa shape index (κ1) is 108. The van der Waals surface area contributed by atoms with Crippen LogP contribution in [-0.4, -0.2) is 199 Å². The Morgan fingerprint density at radius 2 is 1.21 bits per heavy atom. The molecule has 0 aromatic carbocycles. The zero-order chi connectivity index (χ0) is 66.6. The summed E-state index contributed by atoms with van der Waals surface area (Å²) in [5, 5.41) is 11.6. The van der Waals surface area contributed by atoms with Gasteiger partial charge in [-0.1, -0.05) is 219 Å². The van der Waals surface area contributed by atoms with Crippen molar-refractivity contribution in [1.29, 1.82) is 0 Å². The molecule has 4 heterocycles. The van der Waals surface area contributed by atoms with Gasteiger partial charge in [-0.2, -0.15) is 6.92 Å². The van der Waals surface area contributed by atoms with Crippen LogP contribution in [0.3, 0.4) is 0 Å². The molecule has 2 amide bonds. The van der Waals surface area contributed by atoms with Crippen molar-refractivity contribution in [2.45, 2.75) is 154 Å². The number of ether oxygens (including phenoxy) is 4. The summed E-state index contributed by atoms with van der Waals surface area (Å²) in [7, 11) is 10.1. The summed E-state index contributed by atoms with van der Waals surface area (Å²) in [6, 6.07) is 1.43. The number of nitrogens with one attached hydrogen (secondary N) is 1. The quantitative estimate of drug-likeness (QED) is 0.0281. The minimum absolute atomic E-state index is 0.00167. The molecule has 4 atom stereocenters. The molecule has 4 rings (SSSR count). The molecule has 4 aliphatic heterocycles. The number of nitrogens with two attached hydrogens (primary N) is 1. The molecule has 4 N–H and O–H groups in total. The number of hydrogen-bond donors (Lipinski definition) is 3. The number of methoxy groups -OCH3 is 3. The van der Waals surface area contributed by atoms with Gasteiger partial charge < -0.3 is 66.4 Å². The number of nitrogens with zero attached hydrogens (tertiary/aromatic N) is 4. The second-order valence-electron chi connectivity index (χ2n) is 16.7. The first-order valence-corrected chi connectivity index (χ1v) is 49.5. The Hall–Kier alpha value is 3.99. The van der Waals surface area contributed by atoms with Gasteiger partial charge in [0.2, 0.25) is 5.91 Å². The third kappa shape index (κ3) is 92.7. The summed E-state index contributed by atoms with van der Waals surface area (Å²) in [4.78, 5) is 70.2. The Labute approximate surface area is 629 Å². The zero-order valence-electron chi connectivity index (χ0n) is 52.6. The van der Waals surface area contributed by atoms with Gasteiger partial charge in [0, 0.05) is 62.1 Å². The topological polar surface area (TPSA) is 211 Å². The van der Waals surface area contributed by atoms with Gasteiger partial charge in [0.25, 0.3) is 0 Å². The fourth-order valence-corrected chi connectivity index (χ4v) is 6.14. The van der Waals surface area contributed by atoms with Crippen LogP contribution in [-0.2, 0) is 47.8 Å². The average molecular weight is 2290 g/mol. The minimum atomic E-state index is -0.711. The molecule has 4 unspecified atom stereocenters. The van der Waals surface area contributed by atoms with E-state index in [0.717, 1.165) is 45.7 Å². The predicted octanol–water partition coefficient (Wildman–Crippen LogP) is 15.9. The molecule has 0 aliphatic carbocycles. The van der Waals surface area contributed by atoms with E-state index in [9.17, 15) is 28.8 Å². The van der Waals surface area contributed by atoms with Gasteiger partial charge in [0.1, 0.15) is 18.2 Å². The van der Waals surface area contributed by atoms with Crippen LogP contribution < -0.4 is 11.1 Å². The number of carboxylic acid groups (broad SMARTS) is 1. The number of aldehydes is 1. The molecule has 28 heteroatoms. The Kier molecular flexibility index (Phi) is 114. The van der Waals surface area contributed by atoms with E-state index in [1.165, 1.54) is 96.0 Å². The molecular weight excluding hydrogens is 2180 g/mol. The van der Waals surface area contributed by atoms with Crippen LogP contribution in [0.25, 0.3) is 0 Å². The van der Waals surface area contributed by atoms with Crippen LogP contribution in [0, 0.1) is 18.8 Å². The van der Waals surface area contributed by atoms with Gasteiger partial charge in [-0.25, -0.2) is 4.79 Å². The van der Waals surface area contributed by atoms with Crippen molar-refractivity contribution in [3.63, 3.8) is 0 Å². The second-order valence-corrected chi connectivity index (χ2v) is 67.8. The number of likely N-dealkylation sites (tertiary alicyclic amines) is 3. The monoisotopic (exact) mass is 2290 g/mol. The molecule has 0 aromatic heterocycles. The van der Waals surface area contributed by atoms with Gasteiger partial charge in [-0.15, -0.1) is 6.58 Å². The van der Waals surface area contributed by atoms with E-state index in [2.05, 4.69) is 323 Å². The van der Waals surface area contributed by atoms with Gasteiger partial charge in [0.05, 0.1) is 31.2 Å². The Bertz CT molecular complexity index is 1350. The molecule has 498 valence electrons. The average Bonchev–Trinajstić information content (AvgIpc) is 4.24. The van der Waals surface area contributed by atoms with Crippen molar-refractivity contribution in [2.24, 2.45) is 17.6 Å². The number of carboxylic acids is 1. The SMILES string of the molecule is C=CCN(CC=O)C(=O)COC.CC(C)I.CC(I)I.CCC.CCC(I)I.CCCC(=O)O.CCCC(=O)OC.CCCI.CCOC(=O)N1CC2CCN(C)C2C1.CN.CN1CCC2CNCC21.COC(=O)CBr.[CH2-]C.[I][V]([I])[I]. The predicted molar refractivity (Wildman–Crippen MR) is 428 cm³/mol. The summed E-state index contributed by atoms with van der Waals surface area (Å²) in [6.45, 7) is 36.8. The number of alkyl halides is 7. The molecule has 0 radical (unpaired) electrons. The number of aliphatic carboxylic acids is 1. The van der Waals surface area contributed by atoms with Crippen molar-refractivity contribution < 1.29 is 57.7 Å². The number of fused-ring (bicyclic) bond motifs is 2. The molecule has 82 heavy (non-hydrogen) atoms. The van der Waals surface area contributed by atoms with Gasteiger partial charge in [0.15, 0.2) is 0 Å². The Morgan fingerprint density at radius 3 is 1.46 bits per heavy atom. The van der Waals surface area contributed by atoms with Crippen LogP contribution in [0.2, 0.25) is 0 Å². The maximum atomic E-state index is 11.5. The van der Waals surface area contributed by atoms with Crippen molar-refractivity contribution in [3.8, 4) is 0 Å². The summed E-state index contributed by atoms with van der Waals surface area (Å²) in [6.07, 6.45) is 11.0. The van der Waals surface area contributed by atoms with Crippen LogP contribution in [0.5, 0.6) is 0 Å². The van der Waals surface area contributed by atoms with Gasteiger partial charge in [-0.3, -0.25) is 19.2 Å². The Balaban J connectivity index is -0.0000000884. The summed E-state index contributed by atoms with van der Waals surface area (Å²) >= 11 is 24.4. The normalized spacial score (nSPS) is 16.1.